The van der Waals surface area contributed by atoms with Gasteiger partial charge in [0.1, 0.15) is 0 Å². The lowest BCUT2D eigenvalue weighted by atomic mass is 10.1. The first kappa shape index (κ1) is 11.5. The summed E-state index contributed by atoms with van der Waals surface area (Å²) in [6, 6.07) is 8.83. The molecule has 1 aromatic heterocycles. The lowest BCUT2D eigenvalue weighted by molar-refractivity contribution is 0.774. The zero-order valence-electron chi connectivity index (χ0n) is 9.86. The van der Waals surface area contributed by atoms with E-state index in [-0.39, 0.29) is 0 Å². The van der Waals surface area contributed by atoms with E-state index in [2.05, 4.69) is 44.4 Å². The Morgan fingerprint density at radius 3 is 2.89 bits per heavy atom. The van der Waals surface area contributed by atoms with Crippen LogP contribution < -0.4 is 11.1 Å². The fourth-order valence-corrected chi connectivity index (χ4v) is 2.86. The molecule has 1 aliphatic carbocycles. The van der Waals surface area contributed by atoms with E-state index in [0.29, 0.717) is 11.7 Å². The Labute approximate surface area is 115 Å². The first-order chi connectivity index (χ1) is 8.72. The SMILES string of the molecule is Nc1cnccc1NC1Cc2ccc(Br)cc2C1. The number of halogens is 1. The fraction of sp³-hybridized carbons (Fsp3) is 0.214. The molecule has 1 heterocycles. The maximum Gasteiger partial charge on any atom is 0.0736 e. The summed E-state index contributed by atoms with van der Waals surface area (Å²) in [5.41, 5.74) is 10.4. The average Bonchev–Trinajstić information content (AvgIpc) is 2.73. The summed E-state index contributed by atoms with van der Waals surface area (Å²) in [4.78, 5) is 4.00. The summed E-state index contributed by atoms with van der Waals surface area (Å²) < 4.78 is 1.14. The summed E-state index contributed by atoms with van der Waals surface area (Å²) >= 11 is 3.51. The average molecular weight is 304 g/mol. The Morgan fingerprint density at radius 2 is 2.06 bits per heavy atom. The third kappa shape index (κ3) is 2.20. The largest absolute Gasteiger partial charge is 0.396 e. The molecule has 0 fully saturated rings. The smallest absolute Gasteiger partial charge is 0.0736 e. The minimum Gasteiger partial charge on any atom is -0.396 e. The van der Waals surface area contributed by atoms with E-state index < -0.39 is 0 Å². The Hall–Kier alpha value is -1.55. The molecular weight excluding hydrogens is 290 g/mol. The van der Waals surface area contributed by atoms with Gasteiger partial charge in [0, 0.05) is 16.7 Å². The number of nitrogens with zero attached hydrogens (tertiary/aromatic N) is 1. The second-order valence-corrected chi connectivity index (χ2v) is 5.54. The molecule has 4 heteroatoms. The number of rotatable bonds is 2. The van der Waals surface area contributed by atoms with Gasteiger partial charge in [-0.2, -0.15) is 0 Å². The quantitative estimate of drug-likeness (QED) is 0.897. The zero-order valence-corrected chi connectivity index (χ0v) is 11.4. The second kappa shape index (κ2) is 4.61. The van der Waals surface area contributed by atoms with Crippen LogP contribution >= 0.6 is 15.9 Å². The van der Waals surface area contributed by atoms with Crippen molar-refractivity contribution < 1.29 is 0 Å². The van der Waals surface area contributed by atoms with E-state index in [9.17, 15) is 0 Å². The summed E-state index contributed by atoms with van der Waals surface area (Å²) in [5, 5.41) is 3.50. The molecule has 2 aromatic rings. The van der Waals surface area contributed by atoms with Crippen molar-refractivity contribution in [3.05, 3.63) is 52.3 Å². The fourth-order valence-electron chi connectivity index (χ4n) is 2.45. The van der Waals surface area contributed by atoms with Gasteiger partial charge in [0.15, 0.2) is 0 Å². The predicted molar refractivity (Wildman–Crippen MR) is 77.6 cm³/mol. The van der Waals surface area contributed by atoms with E-state index in [1.54, 1.807) is 12.4 Å². The number of benzene rings is 1. The molecule has 0 bridgehead atoms. The van der Waals surface area contributed by atoms with Crippen LogP contribution in [0.4, 0.5) is 11.4 Å². The zero-order chi connectivity index (χ0) is 12.5. The van der Waals surface area contributed by atoms with Crippen LogP contribution in [0.3, 0.4) is 0 Å². The molecule has 0 saturated heterocycles. The van der Waals surface area contributed by atoms with Gasteiger partial charge in [0.25, 0.3) is 0 Å². The highest BCUT2D eigenvalue weighted by molar-refractivity contribution is 9.10. The molecule has 18 heavy (non-hydrogen) atoms. The topological polar surface area (TPSA) is 50.9 Å². The van der Waals surface area contributed by atoms with E-state index in [1.165, 1.54) is 11.1 Å². The van der Waals surface area contributed by atoms with Crippen LogP contribution in [-0.4, -0.2) is 11.0 Å². The maximum atomic E-state index is 5.90. The number of aromatic nitrogens is 1. The predicted octanol–water partition coefficient (Wildman–Crippen LogP) is 3.01. The number of nitrogen functional groups attached to an aromatic ring is 1. The van der Waals surface area contributed by atoms with Crippen molar-refractivity contribution in [3.8, 4) is 0 Å². The van der Waals surface area contributed by atoms with E-state index >= 15 is 0 Å². The Morgan fingerprint density at radius 1 is 1.22 bits per heavy atom. The van der Waals surface area contributed by atoms with Crippen molar-refractivity contribution in [2.75, 3.05) is 11.1 Å². The van der Waals surface area contributed by atoms with Gasteiger partial charge in [0.05, 0.1) is 17.6 Å². The highest BCUT2D eigenvalue weighted by Gasteiger charge is 2.21. The monoisotopic (exact) mass is 303 g/mol. The molecule has 3 rings (SSSR count). The minimum absolute atomic E-state index is 0.416. The molecule has 0 spiro atoms. The van der Waals surface area contributed by atoms with Crippen LogP contribution in [0.2, 0.25) is 0 Å². The molecule has 0 radical (unpaired) electrons. The highest BCUT2D eigenvalue weighted by atomic mass is 79.9. The first-order valence-corrected chi connectivity index (χ1v) is 6.75. The van der Waals surface area contributed by atoms with Crippen molar-refractivity contribution in [2.45, 2.75) is 18.9 Å². The Bertz CT molecular complexity index is 583. The first-order valence-electron chi connectivity index (χ1n) is 5.96. The Balaban J connectivity index is 1.77. The van der Waals surface area contributed by atoms with E-state index in [4.69, 9.17) is 5.73 Å². The van der Waals surface area contributed by atoms with Crippen molar-refractivity contribution in [1.29, 1.82) is 0 Å². The van der Waals surface area contributed by atoms with Gasteiger partial charge in [-0.1, -0.05) is 22.0 Å². The van der Waals surface area contributed by atoms with Crippen molar-refractivity contribution in [3.63, 3.8) is 0 Å². The summed E-state index contributed by atoms with van der Waals surface area (Å²) in [6.07, 6.45) is 5.53. The van der Waals surface area contributed by atoms with Crippen LogP contribution in [0.25, 0.3) is 0 Å². The molecule has 1 atom stereocenters. The van der Waals surface area contributed by atoms with Gasteiger partial charge >= 0.3 is 0 Å². The van der Waals surface area contributed by atoms with Crippen molar-refractivity contribution >= 4 is 27.3 Å². The van der Waals surface area contributed by atoms with Gasteiger partial charge in [-0.3, -0.25) is 4.98 Å². The number of fused-ring (bicyclic) bond motifs is 1. The molecule has 1 unspecified atom stereocenters. The summed E-state index contributed by atoms with van der Waals surface area (Å²) in [7, 11) is 0. The second-order valence-electron chi connectivity index (χ2n) is 4.63. The lowest BCUT2D eigenvalue weighted by Crippen LogP contribution is -2.20. The lowest BCUT2D eigenvalue weighted by Gasteiger charge is -2.14. The van der Waals surface area contributed by atoms with Gasteiger partial charge in [-0.25, -0.2) is 0 Å². The molecule has 0 saturated carbocycles. The third-order valence-corrected chi connectivity index (χ3v) is 3.81. The van der Waals surface area contributed by atoms with E-state index in [1.807, 2.05) is 6.07 Å². The summed E-state index contributed by atoms with van der Waals surface area (Å²) in [5.74, 6) is 0. The minimum atomic E-state index is 0.416. The van der Waals surface area contributed by atoms with Gasteiger partial charge in [-0.05, 0) is 42.2 Å². The maximum absolute atomic E-state index is 5.90. The molecule has 0 amide bonds. The standard InChI is InChI=1S/C14H14BrN3/c15-11-2-1-9-6-12(7-10(9)5-11)18-14-3-4-17-8-13(14)16/h1-5,8,12H,6-7,16H2,(H,17,18). The third-order valence-electron chi connectivity index (χ3n) is 3.31. The number of nitrogens with one attached hydrogen (secondary N) is 1. The Kier molecular flexibility index (Phi) is 2.96. The van der Waals surface area contributed by atoms with Crippen molar-refractivity contribution in [1.82, 2.24) is 4.98 Å². The number of hydrogen-bond donors (Lipinski definition) is 2. The normalized spacial score (nSPS) is 17.5. The molecular formula is C14H14BrN3. The number of hydrogen-bond acceptors (Lipinski definition) is 3. The van der Waals surface area contributed by atoms with Gasteiger partial charge < -0.3 is 11.1 Å². The number of anilines is 2. The van der Waals surface area contributed by atoms with Crippen LogP contribution in [0.5, 0.6) is 0 Å². The van der Waals surface area contributed by atoms with Crippen LogP contribution in [-0.2, 0) is 12.8 Å². The van der Waals surface area contributed by atoms with Gasteiger partial charge in [-0.15, -0.1) is 0 Å². The van der Waals surface area contributed by atoms with Crippen LogP contribution in [0.1, 0.15) is 11.1 Å². The van der Waals surface area contributed by atoms with Crippen LogP contribution in [0, 0.1) is 0 Å². The molecule has 3 nitrogen and oxygen atoms in total. The molecule has 1 aromatic carbocycles. The summed E-state index contributed by atoms with van der Waals surface area (Å²) in [6.45, 7) is 0. The molecule has 92 valence electrons. The van der Waals surface area contributed by atoms with Gasteiger partial charge in [0.2, 0.25) is 0 Å². The highest BCUT2D eigenvalue weighted by Crippen LogP contribution is 2.28. The van der Waals surface area contributed by atoms with Crippen molar-refractivity contribution in [2.24, 2.45) is 0 Å². The molecule has 3 N–H and O–H groups in total. The number of nitrogens with two attached hydrogens (primary N) is 1. The molecule has 1 aliphatic rings. The molecule has 0 aliphatic heterocycles. The number of pyridine rings is 1. The van der Waals surface area contributed by atoms with E-state index in [0.717, 1.165) is 23.0 Å². The van der Waals surface area contributed by atoms with Crippen LogP contribution in [0.15, 0.2) is 41.1 Å².